The van der Waals surface area contributed by atoms with Crippen LogP contribution in [0.4, 0.5) is 11.4 Å². The highest BCUT2D eigenvalue weighted by molar-refractivity contribution is 6.09. The van der Waals surface area contributed by atoms with E-state index in [2.05, 4.69) is 36.9 Å². The van der Waals surface area contributed by atoms with Crippen LogP contribution in [0.15, 0.2) is 85.8 Å². The van der Waals surface area contributed by atoms with Crippen LogP contribution in [0.1, 0.15) is 34.1 Å². The van der Waals surface area contributed by atoms with E-state index in [0.717, 1.165) is 0 Å². The molecule has 0 bridgehead atoms. The molecule has 16 heteroatoms. The van der Waals surface area contributed by atoms with Crippen molar-refractivity contribution in [1.29, 1.82) is 0 Å². The third kappa shape index (κ3) is 22.4. The standard InChI is InChI=1S/C39H54N2O14/c1-28(2)48-17-13-46-26-54-33-10-12-37(55-27-47-14-18-49-29(3)4)35(22-33)41-39(43)23-38(42)40-34-21-32(50-19-15-44-24-52-30(5)6)9-11-36(34)51-20-16-45-25-53-31(7)8/h9-12,21-22H,1,3,5,7,13-20,23-27H2,2,4,6,8H3,(H,40,42)(H,41,43). The number of rotatable bonds is 32. The fourth-order valence-electron chi connectivity index (χ4n) is 3.89. The molecule has 2 aromatic rings. The number of ether oxygens (including phenoxy) is 12. The van der Waals surface area contributed by atoms with Crippen molar-refractivity contribution < 1.29 is 66.4 Å². The topological polar surface area (TPSA) is 169 Å². The maximum atomic E-state index is 13.2. The van der Waals surface area contributed by atoms with Gasteiger partial charge in [-0.3, -0.25) is 9.59 Å². The highest BCUT2D eigenvalue weighted by Gasteiger charge is 2.17. The van der Waals surface area contributed by atoms with Crippen LogP contribution < -0.4 is 29.6 Å². The Morgan fingerprint density at radius 3 is 1.36 bits per heavy atom. The Labute approximate surface area is 322 Å². The predicted octanol–water partition coefficient (Wildman–Crippen LogP) is 6.27. The number of carbonyl (C=O) groups excluding carboxylic acids is 2. The lowest BCUT2D eigenvalue weighted by Gasteiger charge is -2.16. The predicted molar refractivity (Wildman–Crippen MR) is 204 cm³/mol. The Hall–Kier alpha value is -5.42. The second kappa shape index (κ2) is 27.2. The molecule has 0 heterocycles. The molecule has 0 spiro atoms. The lowest BCUT2D eigenvalue weighted by molar-refractivity contribution is -0.123. The van der Waals surface area contributed by atoms with Crippen LogP contribution in [0, 0.1) is 0 Å². The second-order valence-electron chi connectivity index (χ2n) is 11.5. The SMILES string of the molecule is C=C(C)OCCOCOc1ccc(OCOCCOC(=C)C)c(NC(=O)CC(=O)Nc2cc(OCCOCOC(=C)C)ccc2OCCOCOC(=C)C)c1. The fourth-order valence-corrected chi connectivity index (χ4v) is 3.89. The van der Waals surface area contributed by atoms with Crippen molar-refractivity contribution in [2.45, 2.75) is 34.1 Å². The number of carbonyl (C=O) groups is 2. The van der Waals surface area contributed by atoms with E-state index in [4.69, 9.17) is 56.8 Å². The molecule has 2 rings (SSSR count). The number of hydrogen-bond acceptors (Lipinski definition) is 14. The van der Waals surface area contributed by atoms with Gasteiger partial charge in [-0.25, -0.2) is 0 Å². The Morgan fingerprint density at radius 2 is 0.873 bits per heavy atom. The van der Waals surface area contributed by atoms with Gasteiger partial charge in [0.15, 0.2) is 27.2 Å². The molecule has 2 N–H and O–H groups in total. The van der Waals surface area contributed by atoms with Crippen molar-refractivity contribution >= 4 is 23.2 Å². The second-order valence-corrected chi connectivity index (χ2v) is 11.5. The molecule has 0 aromatic heterocycles. The van der Waals surface area contributed by atoms with Crippen LogP contribution in [0.25, 0.3) is 0 Å². The summed E-state index contributed by atoms with van der Waals surface area (Å²) < 4.78 is 65.6. The Morgan fingerprint density at radius 1 is 0.473 bits per heavy atom. The minimum Gasteiger partial charge on any atom is -0.496 e. The summed E-state index contributed by atoms with van der Waals surface area (Å²) in [6.45, 7) is 23.3. The van der Waals surface area contributed by atoms with E-state index in [1.54, 1.807) is 58.0 Å². The highest BCUT2D eigenvalue weighted by atomic mass is 16.7. The number of allylic oxidation sites excluding steroid dienone is 4. The van der Waals surface area contributed by atoms with Gasteiger partial charge in [0.2, 0.25) is 11.8 Å². The van der Waals surface area contributed by atoms with Crippen LogP contribution in [-0.4, -0.2) is 91.8 Å². The molecular formula is C39H54N2O14. The van der Waals surface area contributed by atoms with Gasteiger partial charge < -0.3 is 67.5 Å². The van der Waals surface area contributed by atoms with Crippen molar-refractivity contribution in [3.8, 4) is 23.0 Å². The van der Waals surface area contributed by atoms with Crippen molar-refractivity contribution in [2.24, 2.45) is 0 Å². The molecule has 16 nitrogen and oxygen atoms in total. The van der Waals surface area contributed by atoms with Gasteiger partial charge in [0, 0.05) is 12.1 Å². The molecule has 2 aromatic carbocycles. The van der Waals surface area contributed by atoms with Gasteiger partial charge in [0.1, 0.15) is 55.8 Å². The highest BCUT2D eigenvalue weighted by Crippen LogP contribution is 2.31. The molecule has 304 valence electrons. The minimum absolute atomic E-state index is 0.0158. The molecule has 0 atom stereocenters. The van der Waals surface area contributed by atoms with E-state index >= 15 is 0 Å². The van der Waals surface area contributed by atoms with Gasteiger partial charge in [-0.05, 0) is 52.0 Å². The summed E-state index contributed by atoms with van der Waals surface area (Å²) in [6.07, 6.45) is -0.562. The molecule has 0 saturated heterocycles. The van der Waals surface area contributed by atoms with E-state index in [1.807, 2.05) is 0 Å². The van der Waals surface area contributed by atoms with E-state index in [1.165, 1.54) is 6.07 Å². The van der Waals surface area contributed by atoms with E-state index in [-0.39, 0.29) is 83.9 Å². The zero-order valence-electron chi connectivity index (χ0n) is 32.2. The van der Waals surface area contributed by atoms with Gasteiger partial charge in [-0.15, -0.1) is 0 Å². The van der Waals surface area contributed by atoms with Gasteiger partial charge in [0.25, 0.3) is 0 Å². The molecule has 0 aliphatic carbocycles. The molecule has 2 amide bonds. The van der Waals surface area contributed by atoms with E-state index in [9.17, 15) is 9.59 Å². The third-order valence-corrected chi connectivity index (χ3v) is 6.29. The monoisotopic (exact) mass is 774 g/mol. The quantitative estimate of drug-likeness (QED) is 0.0369. The van der Waals surface area contributed by atoms with Crippen LogP contribution >= 0.6 is 0 Å². The summed E-state index contributed by atoms with van der Waals surface area (Å²) in [6, 6.07) is 9.62. The van der Waals surface area contributed by atoms with Gasteiger partial charge >= 0.3 is 0 Å². The largest absolute Gasteiger partial charge is 0.496 e. The Balaban J connectivity index is 2.08. The van der Waals surface area contributed by atoms with Crippen LogP contribution in [-0.2, 0) is 47.5 Å². The lowest BCUT2D eigenvalue weighted by Crippen LogP contribution is -2.22. The van der Waals surface area contributed by atoms with E-state index < -0.39 is 18.2 Å². The summed E-state index contributed by atoms with van der Waals surface area (Å²) >= 11 is 0. The van der Waals surface area contributed by atoms with Crippen LogP contribution in [0.3, 0.4) is 0 Å². The smallest absolute Gasteiger partial charge is 0.233 e. The molecular weight excluding hydrogens is 720 g/mol. The summed E-state index contributed by atoms with van der Waals surface area (Å²) in [5.74, 6) is 2.29. The van der Waals surface area contributed by atoms with Crippen molar-refractivity contribution in [1.82, 2.24) is 0 Å². The average molecular weight is 775 g/mol. The minimum atomic E-state index is -0.640. The fraction of sp³-hybridized carbons (Fsp3) is 0.436. The number of anilines is 2. The van der Waals surface area contributed by atoms with Crippen molar-refractivity contribution in [3.05, 3.63) is 85.8 Å². The summed E-state index contributed by atoms with van der Waals surface area (Å²) in [4.78, 5) is 26.4. The van der Waals surface area contributed by atoms with Gasteiger partial charge in [-0.2, -0.15) is 0 Å². The zero-order chi connectivity index (χ0) is 40.3. The molecule has 0 unspecified atom stereocenters. The first-order chi connectivity index (χ1) is 26.4. The van der Waals surface area contributed by atoms with Crippen molar-refractivity contribution in [3.63, 3.8) is 0 Å². The van der Waals surface area contributed by atoms with Crippen LogP contribution in [0.5, 0.6) is 23.0 Å². The first-order valence-corrected chi connectivity index (χ1v) is 17.3. The summed E-state index contributed by atoms with van der Waals surface area (Å²) in [5.41, 5.74) is 0.495. The number of amides is 2. The third-order valence-electron chi connectivity index (χ3n) is 6.29. The van der Waals surface area contributed by atoms with E-state index in [0.29, 0.717) is 53.5 Å². The molecule has 0 radical (unpaired) electrons. The molecule has 0 saturated carbocycles. The Bertz CT molecular complexity index is 1420. The maximum absolute atomic E-state index is 13.2. The Kier molecular flexibility index (Phi) is 22.6. The maximum Gasteiger partial charge on any atom is 0.233 e. The van der Waals surface area contributed by atoms with Gasteiger partial charge in [0.05, 0.1) is 60.8 Å². The van der Waals surface area contributed by atoms with Crippen LogP contribution in [0.2, 0.25) is 0 Å². The number of hydrogen-bond donors (Lipinski definition) is 2. The molecule has 0 fully saturated rings. The summed E-state index contributed by atoms with van der Waals surface area (Å²) in [5, 5.41) is 5.44. The summed E-state index contributed by atoms with van der Waals surface area (Å²) in [7, 11) is 0. The van der Waals surface area contributed by atoms with Crippen molar-refractivity contribution in [2.75, 3.05) is 90.7 Å². The normalized spacial score (nSPS) is 10.4. The lowest BCUT2D eigenvalue weighted by atomic mass is 10.2. The zero-order valence-corrected chi connectivity index (χ0v) is 32.2. The number of benzene rings is 2. The molecule has 0 aliphatic heterocycles. The average Bonchev–Trinajstić information content (AvgIpc) is 3.11. The molecule has 0 aliphatic rings. The first kappa shape index (κ1) is 45.7. The number of nitrogens with one attached hydrogen (secondary N) is 2. The molecule has 55 heavy (non-hydrogen) atoms. The first-order valence-electron chi connectivity index (χ1n) is 17.3. The van der Waals surface area contributed by atoms with Gasteiger partial charge in [-0.1, -0.05) is 26.3 Å².